The molecule has 130 valence electrons. The molecule has 5 heteroatoms. The van der Waals surface area contributed by atoms with Crippen LogP contribution in [-0.2, 0) is 11.8 Å². The SMILES string of the molecule is C[C@H](Sc1nnc(C2CC2)n1C)C(=O)C12CC3CC(CC(C3)C1)C2. The minimum absolute atomic E-state index is 0.000911. The molecule has 5 saturated carbocycles. The van der Waals surface area contributed by atoms with Gasteiger partial charge >= 0.3 is 0 Å². The minimum Gasteiger partial charge on any atom is -0.309 e. The molecule has 0 radical (unpaired) electrons. The van der Waals surface area contributed by atoms with Crippen molar-refractivity contribution in [2.45, 2.75) is 74.6 Å². The van der Waals surface area contributed by atoms with Crippen LogP contribution >= 0.6 is 11.8 Å². The number of nitrogens with zero attached hydrogens (tertiary/aromatic N) is 3. The summed E-state index contributed by atoms with van der Waals surface area (Å²) in [6.07, 6.45) is 10.1. The first-order chi connectivity index (χ1) is 11.5. The van der Waals surface area contributed by atoms with E-state index in [2.05, 4.69) is 28.7 Å². The standard InChI is InChI=1S/C19H27N3OS/c1-11(24-18-21-20-17(22(18)2)15-3-4-15)16(23)19-8-12-5-13(9-19)7-14(6-12)10-19/h11-15H,3-10H2,1-2H3/t11-,12?,13?,14?,19?/m0/s1. The van der Waals surface area contributed by atoms with Gasteiger partial charge in [0.15, 0.2) is 10.9 Å². The molecule has 0 unspecified atom stereocenters. The van der Waals surface area contributed by atoms with E-state index < -0.39 is 0 Å². The Balaban J connectivity index is 1.33. The first-order valence-electron chi connectivity index (χ1n) is 9.64. The lowest BCUT2D eigenvalue weighted by atomic mass is 9.48. The summed E-state index contributed by atoms with van der Waals surface area (Å²) >= 11 is 1.63. The van der Waals surface area contributed by atoms with Crippen LogP contribution in [0.4, 0.5) is 0 Å². The molecular weight excluding hydrogens is 318 g/mol. The van der Waals surface area contributed by atoms with Gasteiger partial charge < -0.3 is 4.57 Å². The molecule has 0 aromatic carbocycles. The molecule has 5 aliphatic carbocycles. The van der Waals surface area contributed by atoms with E-state index in [4.69, 9.17) is 0 Å². The number of aromatic nitrogens is 3. The molecule has 1 atom stereocenters. The molecule has 24 heavy (non-hydrogen) atoms. The van der Waals surface area contributed by atoms with Crippen molar-refractivity contribution < 1.29 is 4.79 Å². The van der Waals surface area contributed by atoms with Crippen molar-refractivity contribution >= 4 is 17.5 Å². The Hall–Kier alpha value is -0.840. The lowest BCUT2D eigenvalue weighted by Crippen LogP contribution is -2.51. The molecule has 4 bridgehead atoms. The second-order valence-electron chi connectivity index (χ2n) is 9.00. The Morgan fingerprint density at radius 1 is 1.12 bits per heavy atom. The Labute approximate surface area is 148 Å². The van der Waals surface area contributed by atoms with Crippen LogP contribution < -0.4 is 0 Å². The zero-order valence-corrected chi connectivity index (χ0v) is 15.5. The van der Waals surface area contributed by atoms with Crippen LogP contribution in [0.3, 0.4) is 0 Å². The first kappa shape index (κ1) is 15.4. The molecule has 0 spiro atoms. The number of carbonyl (C=O) groups is 1. The van der Waals surface area contributed by atoms with Crippen LogP contribution in [0.5, 0.6) is 0 Å². The minimum atomic E-state index is -0.00352. The van der Waals surface area contributed by atoms with E-state index in [0.717, 1.165) is 48.0 Å². The number of rotatable bonds is 5. The predicted molar refractivity (Wildman–Crippen MR) is 93.9 cm³/mol. The van der Waals surface area contributed by atoms with Crippen LogP contribution in [0.1, 0.15) is 70.0 Å². The summed E-state index contributed by atoms with van der Waals surface area (Å²) < 4.78 is 2.12. The van der Waals surface area contributed by atoms with Crippen LogP contribution in [0.25, 0.3) is 0 Å². The van der Waals surface area contributed by atoms with Gasteiger partial charge in [0.25, 0.3) is 0 Å². The van der Waals surface area contributed by atoms with Gasteiger partial charge in [-0.05, 0) is 76.0 Å². The van der Waals surface area contributed by atoms with Gasteiger partial charge in [0.1, 0.15) is 5.82 Å². The van der Waals surface area contributed by atoms with Crippen molar-refractivity contribution in [2.24, 2.45) is 30.2 Å². The lowest BCUT2D eigenvalue weighted by molar-refractivity contribution is -0.142. The Morgan fingerprint density at radius 2 is 1.71 bits per heavy atom. The van der Waals surface area contributed by atoms with Gasteiger partial charge in [-0.3, -0.25) is 4.79 Å². The lowest BCUT2D eigenvalue weighted by Gasteiger charge is -2.56. The third-order valence-corrected chi connectivity index (χ3v) is 8.16. The van der Waals surface area contributed by atoms with Gasteiger partial charge in [-0.2, -0.15) is 0 Å². The highest BCUT2D eigenvalue weighted by atomic mass is 32.2. The molecule has 5 fully saturated rings. The normalized spacial score (nSPS) is 38.5. The monoisotopic (exact) mass is 345 g/mol. The van der Waals surface area contributed by atoms with Gasteiger partial charge in [0.05, 0.1) is 5.25 Å². The molecule has 1 aromatic heterocycles. The summed E-state index contributed by atoms with van der Waals surface area (Å²) in [4.78, 5) is 13.4. The van der Waals surface area contributed by atoms with Crippen molar-refractivity contribution in [3.63, 3.8) is 0 Å². The number of hydrogen-bond acceptors (Lipinski definition) is 4. The molecule has 1 aromatic rings. The highest BCUT2D eigenvalue weighted by molar-refractivity contribution is 8.00. The second kappa shape index (κ2) is 5.33. The summed E-state index contributed by atoms with van der Waals surface area (Å²) in [5, 5.41) is 9.65. The highest BCUT2D eigenvalue weighted by Crippen LogP contribution is 2.61. The largest absolute Gasteiger partial charge is 0.309 e. The summed E-state index contributed by atoms with van der Waals surface area (Å²) in [5.41, 5.74) is -0.000911. The average Bonchev–Trinajstić information content (AvgIpc) is 3.31. The van der Waals surface area contributed by atoms with Gasteiger partial charge in [-0.1, -0.05) is 11.8 Å². The summed E-state index contributed by atoms with van der Waals surface area (Å²) in [7, 11) is 2.05. The van der Waals surface area contributed by atoms with E-state index in [0.29, 0.717) is 11.7 Å². The zero-order chi connectivity index (χ0) is 16.5. The zero-order valence-electron chi connectivity index (χ0n) is 14.7. The fourth-order valence-electron chi connectivity index (χ4n) is 6.18. The summed E-state index contributed by atoms with van der Waals surface area (Å²) in [6, 6.07) is 0. The van der Waals surface area contributed by atoms with Gasteiger partial charge in [0.2, 0.25) is 0 Å². The van der Waals surface area contributed by atoms with E-state index in [1.807, 2.05) is 0 Å². The van der Waals surface area contributed by atoms with Crippen molar-refractivity contribution in [3.05, 3.63) is 5.82 Å². The number of carbonyl (C=O) groups excluding carboxylic acids is 1. The molecule has 4 nitrogen and oxygen atoms in total. The number of Topliss-reactive ketones (excluding diaryl/α,β-unsaturated/α-hetero) is 1. The number of hydrogen-bond donors (Lipinski definition) is 0. The fraction of sp³-hybridized carbons (Fsp3) is 0.842. The number of ketones is 1. The summed E-state index contributed by atoms with van der Waals surface area (Å²) in [6.45, 7) is 2.09. The van der Waals surface area contributed by atoms with E-state index >= 15 is 0 Å². The van der Waals surface area contributed by atoms with Gasteiger partial charge in [-0.25, -0.2) is 0 Å². The Morgan fingerprint density at radius 3 is 2.25 bits per heavy atom. The van der Waals surface area contributed by atoms with Gasteiger partial charge in [0, 0.05) is 18.4 Å². The maximum Gasteiger partial charge on any atom is 0.191 e. The predicted octanol–water partition coefficient (Wildman–Crippen LogP) is 3.96. The topological polar surface area (TPSA) is 47.8 Å². The molecule has 1 heterocycles. The van der Waals surface area contributed by atoms with E-state index in [1.54, 1.807) is 11.8 Å². The van der Waals surface area contributed by atoms with Crippen LogP contribution in [0, 0.1) is 23.2 Å². The van der Waals surface area contributed by atoms with Crippen LogP contribution in [0.2, 0.25) is 0 Å². The Bertz CT molecular complexity index is 643. The maximum absolute atomic E-state index is 13.4. The van der Waals surface area contributed by atoms with Crippen molar-refractivity contribution in [1.82, 2.24) is 14.8 Å². The molecule has 0 saturated heterocycles. The molecule has 0 aliphatic heterocycles. The molecule has 0 amide bonds. The molecule has 5 aliphatic rings. The Kier molecular flexibility index (Phi) is 3.42. The molecular formula is C19H27N3OS. The highest BCUT2D eigenvalue weighted by Gasteiger charge is 2.55. The van der Waals surface area contributed by atoms with Crippen molar-refractivity contribution in [2.75, 3.05) is 0 Å². The maximum atomic E-state index is 13.4. The smallest absolute Gasteiger partial charge is 0.191 e. The van der Waals surface area contributed by atoms with Crippen LogP contribution in [0.15, 0.2) is 5.16 Å². The number of thioether (sulfide) groups is 1. The fourth-order valence-corrected chi connectivity index (χ4v) is 7.19. The van der Waals surface area contributed by atoms with Crippen molar-refractivity contribution in [3.8, 4) is 0 Å². The average molecular weight is 346 g/mol. The second-order valence-corrected chi connectivity index (χ2v) is 10.3. The van der Waals surface area contributed by atoms with Crippen LogP contribution in [-0.4, -0.2) is 25.8 Å². The van der Waals surface area contributed by atoms with E-state index in [9.17, 15) is 4.79 Å². The first-order valence-corrected chi connectivity index (χ1v) is 10.5. The molecule has 0 N–H and O–H groups in total. The van der Waals surface area contributed by atoms with E-state index in [1.165, 1.54) is 32.1 Å². The molecule has 6 rings (SSSR count). The third-order valence-electron chi connectivity index (χ3n) is 7.02. The van der Waals surface area contributed by atoms with Crippen molar-refractivity contribution in [1.29, 1.82) is 0 Å². The quantitative estimate of drug-likeness (QED) is 0.758. The van der Waals surface area contributed by atoms with Gasteiger partial charge in [-0.15, -0.1) is 10.2 Å². The van der Waals surface area contributed by atoms with E-state index in [-0.39, 0.29) is 10.7 Å². The third kappa shape index (κ3) is 2.38. The summed E-state index contributed by atoms with van der Waals surface area (Å²) in [5.74, 6) is 4.69.